The van der Waals surface area contributed by atoms with Crippen LogP contribution < -0.4 is 0 Å². The zero-order valence-corrected chi connectivity index (χ0v) is 10.3. The van der Waals surface area contributed by atoms with Crippen LogP contribution in [0, 0.1) is 0 Å². The van der Waals surface area contributed by atoms with Gasteiger partial charge in [-0.05, 0) is 20.3 Å². The standard InChI is InChI=1S/C12H20N2O2/c1-4-5-6-7-8-11-13-12(14-16-11)9(2)10(3)15/h9H,4-8H2,1-3H3. The van der Waals surface area contributed by atoms with E-state index >= 15 is 0 Å². The Morgan fingerprint density at radius 1 is 1.38 bits per heavy atom. The van der Waals surface area contributed by atoms with Gasteiger partial charge in [-0.2, -0.15) is 4.98 Å². The maximum absolute atomic E-state index is 11.1. The molecule has 4 heteroatoms. The van der Waals surface area contributed by atoms with E-state index in [0.29, 0.717) is 11.7 Å². The second-order valence-electron chi connectivity index (χ2n) is 4.19. The predicted octanol–water partition coefficient (Wildman–Crippen LogP) is 2.88. The second kappa shape index (κ2) is 6.40. The van der Waals surface area contributed by atoms with Crippen LogP contribution in [-0.4, -0.2) is 15.9 Å². The van der Waals surface area contributed by atoms with Crippen molar-refractivity contribution in [2.24, 2.45) is 0 Å². The van der Waals surface area contributed by atoms with Crippen LogP contribution in [0.25, 0.3) is 0 Å². The number of aryl methyl sites for hydroxylation is 1. The number of hydrogen-bond donors (Lipinski definition) is 0. The minimum atomic E-state index is -0.256. The molecule has 0 aliphatic heterocycles. The van der Waals surface area contributed by atoms with Gasteiger partial charge in [0.25, 0.3) is 0 Å². The third kappa shape index (κ3) is 3.76. The molecule has 0 aliphatic rings. The molecule has 1 unspecified atom stereocenters. The van der Waals surface area contributed by atoms with Crippen molar-refractivity contribution in [3.63, 3.8) is 0 Å². The maximum atomic E-state index is 11.1. The van der Waals surface area contributed by atoms with Gasteiger partial charge in [0.05, 0.1) is 5.92 Å². The van der Waals surface area contributed by atoms with Crippen molar-refractivity contribution in [2.45, 2.75) is 58.8 Å². The van der Waals surface area contributed by atoms with Crippen LogP contribution in [0.2, 0.25) is 0 Å². The van der Waals surface area contributed by atoms with Crippen LogP contribution in [0.15, 0.2) is 4.52 Å². The number of rotatable bonds is 7. The lowest BCUT2D eigenvalue weighted by Crippen LogP contribution is -2.06. The summed E-state index contributed by atoms with van der Waals surface area (Å²) in [7, 11) is 0. The van der Waals surface area contributed by atoms with Gasteiger partial charge in [0.15, 0.2) is 5.82 Å². The van der Waals surface area contributed by atoms with Crippen molar-refractivity contribution in [2.75, 3.05) is 0 Å². The summed E-state index contributed by atoms with van der Waals surface area (Å²) >= 11 is 0. The highest BCUT2D eigenvalue weighted by Crippen LogP contribution is 2.13. The lowest BCUT2D eigenvalue weighted by Gasteiger charge is -1.98. The van der Waals surface area contributed by atoms with Crippen molar-refractivity contribution < 1.29 is 9.32 Å². The fourth-order valence-electron chi connectivity index (χ4n) is 1.43. The van der Waals surface area contributed by atoms with E-state index in [9.17, 15) is 4.79 Å². The Balaban J connectivity index is 2.42. The van der Waals surface area contributed by atoms with Crippen molar-refractivity contribution in [1.29, 1.82) is 0 Å². The van der Waals surface area contributed by atoms with Gasteiger partial charge >= 0.3 is 0 Å². The summed E-state index contributed by atoms with van der Waals surface area (Å²) < 4.78 is 5.10. The van der Waals surface area contributed by atoms with Crippen molar-refractivity contribution >= 4 is 5.78 Å². The summed E-state index contributed by atoms with van der Waals surface area (Å²) in [5, 5.41) is 3.83. The fraction of sp³-hybridized carbons (Fsp3) is 0.750. The predicted molar refractivity (Wildman–Crippen MR) is 61.2 cm³/mol. The molecule has 0 spiro atoms. The van der Waals surface area contributed by atoms with E-state index in [1.165, 1.54) is 19.3 Å². The molecule has 0 bridgehead atoms. The molecule has 90 valence electrons. The van der Waals surface area contributed by atoms with E-state index < -0.39 is 0 Å². The molecule has 0 saturated carbocycles. The molecule has 1 atom stereocenters. The summed E-state index contributed by atoms with van der Waals surface area (Å²) in [6.07, 6.45) is 5.54. The van der Waals surface area contributed by atoms with Gasteiger partial charge in [-0.3, -0.25) is 4.79 Å². The Hall–Kier alpha value is -1.19. The number of carbonyl (C=O) groups excluding carboxylic acids is 1. The molecular weight excluding hydrogens is 204 g/mol. The van der Waals surface area contributed by atoms with Gasteiger partial charge in [0, 0.05) is 6.42 Å². The first-order valence-electron chi connectivity index (χ1n) is 5.98. The lowest BCUT2D eigenvalue weighted by atomic mass is 10.1. The van der Waals surface area contributed by atoms with Crippen LogP contribution in [0.3, 0.4) is 0 Å². The lowest BCUT2D eigenvalue weighted by molar-refractivity contribution is -0.118. The maximum Gasteiger partial charge on any atom is 0.226 e. The van der Waals surface area contributed by atoms with Crippen LogP contribution in [0.5, 0.6) is 0 Å². The summed E-state index contributed by atoms with van der Waals surface area (Å²) in [4.78, 5) is 15.4. The number of unbranched alkanes of at least 4 members (excludes halogenated alkanes) is 3. The molecule has 0 aromatic carbocycles. The number of hydrogen-bond acceptors (Lipinski definition) is 4. The van der Waals surface area contributed by atoms with E-state index in [2.05, 4.69) is 17.1 Å². The molecule has 0 aliphatic carbocycles. The minimum Gasteiger partial charge on any atom is -0.339 e. The topological polar surface area (TPSA) is 56.0 Å². The molecule has 4 nitrogen and oxygen atoms in total. The summed E-state index contributed by atoms with van der Waals surface area (Å²) in [5.41, 5.74) is 0. The average Bonchev–Trinajstić information content (AvgIpc) is 2.72. The number of carbonyl (C=O) groups is 1. The molecule has 16 heavy (non-hydrogen) atoms. The van der Waals surface area contributed by atoms with Gasteiger partial charge in [0.2, 0.25) is 5.89 Å². The average molecular weight is 224 g/mol. The Morgan fingerprint density at radius 2 is 2.12 bits per heavy atom. The Bertz CT molecular complexity index is 334. The molecule has 0 saturated heterocycles. The smallest absolute Gasteiger partial charge is 0.226 e. The molecule has 0 N–H and O–H groups in total. The third-order valence-corrected chi connectivity index (χ3v) is 2.73. The van der Waals surface area contributed by atoms with Gasteiger partial charge in [0.1, 0.15) is 5.78 Å². The van der Waals surface area contributed by atoms with E-state index in [1.54, 1.807) is 13.8 Å². The second-order valence-corrected chi connectivity index (χ2v) is 4.19. The van der Waals surface area contributed by atoms with Gasteiger partial charge in [-0.15, -0.1) is 0 Å². The largest absolute Gasteiger partial charge is 0.339 e. The van der Waals surface area contributed by atoms with E-state index in [1.807, 2.05) is 0 Å². The Morgan fingerprint density at radius 3 is 2.75 bits per heavy atom. The molecule has 0 radical (unpaired) electrons. The van der Waals surface area contributed by atoms with Crippen molar-refractivity contribution in [3.05, 3.63) is 11.7 Å². The zero-order chi connectivity index (χ0) is 12.0. The van der Waals surface area contributed by atoms with E-state index in [4.69, 9.17) is 4.52 Å². The molecular formula is C12H20N2O2. The molecule has 1 heterocycles. The first kappa shape index (κ1) is 12.9. The highest BCUT2D eigenvalue weighted by Gasteiger charge is 2.17. The molecule has 1 aromatic heterocycles. The minimum absolute atomic E-state index is 0.0679. The molecule has 1 aromatic rings. The van der Waals surface area contributed by atoms with Gasteiger partial charge in [-0.1, -0.05) is 31.3 Å². The number of ketones is 1. The highest BCUT2D eigenvalue weighted by molar-refractivity contribution is 5.81. The molecule has 0 fully saturated rings. The van der Waals surface area contributed by atoms with Crippen LogP contribution in [0.1, 0.15) is 64.1 Å². The molecule has 1 rings (SSSR count). The first-order valence-corrected chi connectivity index (χ1v) is 5.98. The monoisotopic (exact) mass is 224 g/mol. The van der Waals surface area contributed by atoms with Gasteiger partial charge in [-0.25, -0.2) is 0 Å². The van der Waals surface area contributed by atoms with Gasteiger partial charge < -0.3 is 4.52 Å². The highest BCUT2D eigenvalue weighted by atomic mass is 16.5. The van der Waals surface area contributed by atoms with E-state index in [0.717, 1.165) is 12.8 Å². The third-order valence-electron chi connectivity index (χ3n) is 2.73. The van der Waals surface area contributed by atoms with E-state index in [-0.39, 0.29) is 11.7 Å². The molecule has 0 amide bonds. The first-order chi connectivity index (χ1) is 7.65. The van der Waals surface area contributed by atoms with Crippen LogP contribution in [-0.2, 0) is 11.2 Å². The summed E-state index contributed by atoms with van der Waals surface area (Å²) in [5.74, 6) is 0.976. The van der Waals surface area contributed by atoms with Crippen LogP contribution >= 0.6 is 0 Å². The SMILES string of the molecule is CCCCCCc1nc(C(C)C(C)=O)no1. The Kier molecular flexibility index (Phi) is 5.15. The number of nitrogens with zero attached hydrogens (tertiary/aromatic N) is 2. The number of aromatic nitrogens is 2. The number of Topliss-reactive ketones (excluding diaryl/α,β-unsaturated/α-hetero) is 1. The van der Waals surface area contributed by atoms with Crippen LogP contribution in [0.4, 0.5) is 0 Å². The Labute approximate surface area is 96.4 Å². The van der Waals surface area contributed by atoms with Crippen molar-refractivity contribution in [1.82, 2.24) is 10.1 Å². The summed E-state index contributed by atoms with van der Waals surface area (Å²) in [6, 6.07) is 0. The fourth-order valence-corrected chi connectivity index (χ4v) is 1.43. The normalized spacial score (nSPS) is 12.7. The quantitative estimate of drug-likeness (QED) is 0.668. The van der Waals surface area contributed by atoms with Crippen molar-refractivity contribution in [3.8, 4) is 0 Å². The summed E-state index contributed by atoms with van der Waals surface area (Å²) in [6.45, 7) is 5.52. The zero-order valence-electron chi connectivity index (χ0n) is 10.3.